The lowest BCUT2D eigenvalue weighted by Gasteiger charge is -2.11. The molecule has 9 heteroatoms. The van der Waals surface area contributed by atoms with Crippen LogP contribution < -0.4 is 15.4 Å². The van der Waals surface area contributed by atoms with Crippen LogP contribution in [0, 0.1) is 5.92 Å². The van der Waals surface area contributed by atoms with Crippen LogP contribution in [0.4, 0.5) is 0 Å². The maximum Gasteiger partial charge on any atom is 0.320 e. The molecule has 2 aromatic heterocycles. The number of carboxylic acid groups (broad SMARTS) is 1. The van der Waals surface area contributed by atoms with Crippen LogP contribution in [0.15, 0.2) is 17.5 Å². The number of fused-ring (bicyclic) bond motifs is 1. The predicted molar refractivity (Wildman–Crippen MR) is 83.0 cm³/mol. The second-order valence-electron chi connectivity index (χ2n) is 5.82. The number of amides is 1. The molecule has 0 saturated heterocycles. The number of aliphatic carboxylic acids is 1. The van der Waals surface area contributed by atoms with Gasteiger partial charge < -0.3 is 9.84 Å². The highest BCUT2D eigenvalue weighted by Gasteiger charge is 2.32. The molecule has 1 aliphatic carbocycles. The average Bonchev–Trinajstić information content (AvgIpc) is 3.44. The number of carbonyl (C=O) groups is 2. The van der Waals surface area contributed by atoms with Crippen LogP contribution in [-0.4, -0.2) is 44.0 Å². The summed E-state index contributed by atoms with van der Waals surface area (Å²) in [5.74, 6) is -2.35. The highest BCUT2D eigenvalue weighted by molar-refractivity contribution is 6.03. The van der Waals surface area contributed by atoms with Gasteiger partial charge in [-0.25, -0.2) is 19.9 Å². The van der Waals surface area contributed by atoms with E-state index in [1.54, 1.807) is 0 Å². The molecule has 1 saturated carbocycles. The molecule has 9 nitrogen and oxygen atoms in total. The van der Waals surface area contributed by atoms with Crippen molar-refractivity contribution < 1.29 is 19.4 Å². The fourth-order valence-corrected chi connectivity index (χ4v) is 2.72. The first-order valence-corrected chi connectivity index (χ1v) is 7.68. The Labute approximate surface area is 141 Å². The molecule has 4 rings (SSSR count). The SMILES string of the molecule is COc1ncnc(C2CC2)c1-c1ncc2c(n1)=NC(=O)C(C(=O)O)C=2. The molecule has 3 heterocycles. The molecule has 1 unspecified atom stereocenters. The third-order valence-electron chi connectivity index (χ3n) is 4.11. The van der Waals surface area contributed by atoms with E-state index in [4.69, 9.17) is 9.84 Å². The number of hydrogen-bond donors (Lipinski definition) is 1. The smallest absolute Gasteiger partial charge is 0.320 e. The topological polar surface area (TPSA) is 128 Å². The number of ether oxygens (including phenoxy) is 1. The number of methoxy groups -OCH3 is 1. The fourth-order valence-electron chi connectivity index (χ4n) is 2.72. The Hall–Kier alpha value is -3.23. The lowest BCUT2D eigenvalue weighted by atomic mass is 10.1. The number of nitrogens with zero attached hydrogens (tertiary/aromatic N) is 5. The minimum atomic E-state index is -1.31. The van der Waals surface area contributed by atoms with Gasteiger partial charge in [-0.2, -0.15) is 4.99 Å². The van der Waals surface area contributed by atoms with Gasteiger partial charge in [0.25, 0.3) is 5.91 Å². The summed E-state index contributed by atoms with van der Waals surface area (Å²) in [5.41, 5.74) is 1.53. The van der Waals surface area contributed by atoms with Crippen LogP contribution in [0.3, 0.4) is 0 Å². The molecule has 2 aromatic rings. The van der Waals surface area contributed by atoms with E-state index >= 15 is 0 Å². The Morgan fingerprint density at radius 2 is 2.08 bits per heavy atom. The van der Waals surface area contributed by atoms with Gasteiger partial charge in [-0.1, -0.05) is 0 Å². The van der Waals surface area contributed by atoms with Crippen LogP contribution in [0.5, 0.6) is 5.88 Å². The number of hydrogen-bond acceptors (Lipinski definition) is 7. The van der Waals surface area contributed by atoms with Crippen molar-refractivity contribution in [3.63, 3.8) is 0 Å². The van der Waals surface area contributed by atoms with Gasteiger partial charge in [0.05, 0.1) is 12.8 Å². The van der Waals surface area contributed by atoms with Crippen molar-refractivity contribution in [1.82, 2.24) is 19.9 Å². The Morgan fingerprint density at radius 1 is 1.28 bits per heavy atom. The van der Waals surface area contributed by atoms with Crippen molar-refractivity contribution in [2.24, 2.45) is 10.9 Å². The Morgan fingerprint density at radius 3 is 2.76 bits per heavy atom. The molecule has 2 aliphatic rings. The molecular formula is C16H13N5O4. The van der Waals surface area contributed by atoms with Gasteiger partial charge in [0, 0.05) is 17.3 Å². The third-order valence-corrected chi connectivity index (χ3v) is 4.11. The van der Waals surface area contributed by atoms with E-state index < -0.39 is 17.8 Å². The number of carboxylic acids is 1. The largest absolute Gasteiger partial charge is 0.480 e. The maximum atomic E-state index is 11.9. The summed E-state index contributed by atoms with van der Waals surface area (Å²) >= 11 is 0. The average molecular weight is 339 g/mol. The highest BCUT2D eigenvalue weighted by atomic mass is 16.5. The van der Waals surface area contributed by atoms with Gasteiger partial charge in [-0.05, 0) is 18.9 Å². The molecule has 0 bridgehead atoms. The van der Waals surface area contributed by atoms with Crippen LogP contribution in [0.1, 0.15) is 24.5 Å². The molecule has 25 heavy (non-hydrogen) atoms. The Balaban J connectivity index is 1.90. The number of aromatic nitrogens is 4. The Kier molecular flexibility index (Phi) is 3.48. The summed E-state index contributed by atoms with van der Waals surface area (Å²) in [7, 11) is 1.50. The van der Waals surface area contributed by atoms with Crippen molar-refractivity contribution in [3.8, 4) is 17.3 Å². The van der Waals surface area contributed by atoms with E-state index in [9.17, 15) is 9.59 Å². The minimum absolute atomic E-state index is 0.139. The van der Waals surface area contributed by atoms with Gasteiger partial charge in [-0.15, -0.1) is 0 Å². The van der Waals surface area contributed by atoms with Crippen LogP contribution in [-0.2, 0) is 9.59 Å². The first-order chi connectivity index (χ1) is 12.1. The van der Waals surface area contributed by atoms with Crippen LogP contribution >= 0.6 is 0 Å². The van der Waals surface area contributed by atoms with Gasteiger partial charge in [-0.3, -0.25) is 9.59 Å². The third kappa shape index (κ3) is 2.63. The van der Waals surface area contributed by atoms with E-state index in [1.165, 1.54) is 25.7 Å². The van der Waals surface area contributed by atoms with Crippen molar-refractivity contribution in [1.29, 1.82) is 0 Å². The molecule has 126 valence electrons. The summed E-state index contributed by atoms with van der Waals surface area (Å²) in [5, 5.41) is 9.46. The van der Waals surface area contributed by atoms with Gasteiger partial charge in [0.15, 0.2) is 17.2 Å². The monoisotopic (exact) mass is 339 g/mol. The van der Waals surface area contributed by atoms with Crippen molar-refractivity contribution in [2.45, 2.75) is 18.8 Å². The first-order valence-electron chi connectivity index (χ1n) is 7.68. The standard InChI is InChI=1S/C16H13N5O4/c1-25-15-10(11(7-2-3-7)18-6-19-15)13-17-5-8-4-9(16(23)24)14(22)21-12(8)20-13/h4-7,9H,2-3H2,1H3,(H,23,24). The lowest BCUT2D eigenvalue weighted by molar-refractivity contribution is -0.143. The Bertz CT molecular complexity index is 1020. The zero-order valence-corrected chi connectivity index (χ0v) is 13.2. The molecule has 1 N–H and O–H groups in total. The first kappa shape index (κ1) is 15.3. The predicted octanol–water partition coefficient (Wildman–Crippen LogP) is -0.539. The van der Waals surface area contributed by atoms with Gasteiger partial charge in [0.2, 0.25) is 5.88 Å². The van der Waals surface area contributed by atoms with E-state index in [2.05, 4.69) is 24.9 Å². The van der Waals surface area contributed by atoms with Crippen molar-refractivity contribution in [3.05, 3.63) is 28.9 Å². The van der Waals surface area contributed by atoms with Gasteiger partial charge in [0.1, 0.15) is 11.9 Å². The fraction of sp³-hybridized carbons (Fsp3) is 0.312. The molecule has 1 aliphatic heterocycles. The highest BCUT2D eigenvalue weighted by Crippen LogP contribution is 2.44. The molecule has 0 spiro atoms. The second kappa shape index (κ2) is 5.69. The molecule has 1 fully saturated rings. The number of carbonyl (C=O) groups excluding carboxylic acids is 1. The molecule has 1 amide bonds. The van der Waals surface area contributed by atoms with Gasteiger partial charge >= 0.3 is 5.97 Å². The van der Waals surface area contributed by atoms with E-state index in [1.807, 2.05) is 0 Å². The zero-order valence-electron chi connectivity index (χ0n) is 13.2. The van der Waals surface area contributed by atoms with E-state index in [0.29, 0.717) is 28.4 Å². The van der Waals surface area contributed by atoms with Crippen molar-refractivity contribution >= 4 is 18.0 Å². The van der Waals surface area contributed by atoms with Crippen molar-refractivity contribution in [2.75, 3.05) is 7.11 Å². The summed E-state index contributed by atoms with van der Waals surface area (Å²) < 4.78 is 5.32. The van der Waals surface area contributed by atoms with Crippen LogP contribution in [0.25, 0.3) is 17.5 Å². The quantitative estimate of drug-likeness (QED) is 0.736. The van der Waals surface area contributed by atoms with E-state index in [-0.39, 0.29) is 5.49 Å². The maximum absolute atomic E-state index is 11.9. The van der Waals surface area contributed by atoms with E-state index in [0.717, 1.165) is 18.5 Å². The molecular weight excluding hydrogens is 326 g/mol. The lowest BCUT2D eigenvalue weighted by Crippen LogP contribution is -2.39. The summed E-state index contributed by atoms with van der Waals surface area (Å²) in [6.07, 6.45) is 6.24. The molecule has 0 radical (unpaired) electrons. The summed E-state index contributed by atoms with van der Waals surface area (Å²) in [4.78, 5) is 43.8. The summed E-state index contributed by atoms with van der Waals surface area (Å²) in [6, 6.07) is 0. The molecule has 0 aromatic carbocycles. The zero-order chi connectivity index (χ0) is 17.6. The summed E-state index contributed by atoms with van der Waals surface area (Å²) in [6.45, 7) is 0. The molecule has 1 atom stereocenters. The number of rotatable bonds is 4. The second-order valence-corrected chi connectivity index (χ2v) is 5.82. The van der Waals surface area contributed by atoms with Crippen LogP contribution in [0.2, 0.25) is 0 Å². The normalized spacial score (nSPS) is 18.8. The minimum Gasteiger partial charge on any atom is -0.480 e.